The molecule has 0 bridgehead atoms. The monoisotopic (exact) mass is 342 g/mol. The van der Waals surface area contributed by atoms with Gasteiger partial charge in [0.15, 0.2) is 0 Å². The highest BCUT2D eigenvalue weighted by Gasteiger charge is 2.16. The van der Waals surface area contributed by atoms with E-state index in [9.17, 15) is 4.79 Å². The van der Waals surface area contributed by atoms with Crippen LogP contribution in [-0.4, -0.2) is 40.7 Å². The number of amides is 1. The van der Waals surface area contributed by atoms with E-state index in [1.807, 2.05) is 24.4 Å². The lowest BCUT2D eigenvalue weighted by atomic mass is 10.3. The largest absolute Gasteiger partial charge is 0.396 e. The number of carbonyl (C=O) groups excluding carboxylic acids is 1. The summed E-state index contributed by atoms with van der Waals surface area (Å²) in [5, 5.41) is 14.5. The standard InChI is InChI=1S/C14H18N2O2S3/c1-10-12(13(18)15-5-9-19-7-3-6-17)21-14(16-10)11-4-2-8-20-11/h2,4,8,17H,3,5-7,9H2,1H3,(H,15,18). The molecule has 0 aromatic carbocycles. The van der Waals surface area contributed by atoms with Crippen LogP contribution in [0.4, 0.5) is 0 Å². The molecule has 2 N–H and O–H groups in total. The van der Waals surface area contributed by atoms with Crippen LogP contribution in [0.2, 0.25) is 0 Å². The van der Waals surface area contributed by atoms with Crippen molar-refractivity contribution in [3.63, 3.8) is 0 Å². The third kappa shape index (κ3) is 4.81. The highest BCUT2D eigenvalue weighted by Crippen LogP contribution is 2.30. The van der Waals surface area contributed by atoms with Crippen molar-refractivity contribution in [3.05, 3.63) is 28.1 Å². The van der Waals surface area contributed by atoms with Crippen molar-refractivity contribution in [2.24, 2.45) is 0 Å². The second-order valence-corrected chi connectivity index (χ2v) is 7.53. The Hall–Kier alpha value is -0.890. The number of carbonyl (C=O) groups is 1. The minimum Gasteiger partial charge on any atom is -0.396 e. The summed E-state index contributed by atoms with van der Waals surface area (Å²) in [5.41, 5.74) is 0.786. The maximum Gasteiger partial charge on any atom is 0.263 e. The smallest absolute Gasteiger partial charge is 0.263 e. The predicted octanol–water partition coefficient (Wildman–Crippen LogP) is 3.03. The molecule has 0 unspecified atom stereocenters. The first-order valence-electron chi connectivity index (χ1n) is 6.70. The Bertz CT molecular complexity index is 567. The number of aryl methyl sites for hydroxylation is 1. The van der Waals surface area contributed by atoms with Crippen LogP contribution in [0.25, 0.3) is 9.88 Å². The Morgan fingerprint density at radius 2 is 2.33 bits per heavy atom. The molecule has 0 aliphatic rings. The topological polar surface area (TPSA) is 62.2 Å². The van der Waals surface area contributed by atoms with E-state index in [0.29, 0.717) is 11.4 Å². The normalized spacial score (nSPS) is 10.8. The van der Waals surface area contributed by atoms with Crippen LogP contribution < -0.4 is 5.32 Å². The molecule has 1 amide bonds. The van der Waals surface area contributed by atoms with E-state index in [-0.39, 0.29) is 12.5 Å². The Labute approximate surface area is 136 Å². The van der Waals surface area contributed by atoms with Crippen molar-refractivity contribution in [1.29, 1.82) is 0 Å². The van der Waals surface area contributed by atoms with Gasteiger partial charge in [0.2, 0.25) is 0 Å². The number of aliphatic hydroxyl groups excluding tert-OH is 1. The Kier molecular flexibility index (Phi) is 6.69. The van der Waals surface area contributed by atoms with Gasteiger partial charge >= 0.3 is 0 Å². The molecule has 0 saturated carbocycles. The van der Waals surface area contributed by atoms with E-state index in [2.05, 4.69) is 10.3 Å². The van der Waals surface area contributed by atoms with Gasteiger partial charge in [-0.05, 0) is 30.5 Å². The van der Waals surface area contributed by atoms with E-state index in [0.717, 1.165) is 33.5 Å². The molecule has 4 nitrogen and oxygen atoms in total. The summed E-state index contributed by atoms with van der Waals surface area (Å²) in [6.07, 6.45) is 0.802. The zero-order chi connectivity index (χ0) is 15.1. The molecule has 0 aliphatic heterocycles. The maximum absolute atomic E-state index is 12.2. The van der Waals surface area contributed by atoms with Gasteiger partial charge in [-0.25, -0.2) is 4.98 Å². The molecule has 21 heavy (non-hydrogen) atoms. The van der Waals surface area contributed by atoms with Crippen molar-refractivity contribution < 1.29 is 9.90 Å². The van der Waals surface area contributed by atoms with Gasteiger partial charge in [-0.1, -0.05) is 6.07 Å². The van der Waals surface area contributed by atoms with Crippen molar-refractivity contribution in [3.8, 4) is 9.88 Å². The quantitative estimate of drug-likeness (QED) is 0.724. The summed E-state index contributed by atoms with van der Waals surface area (Å²) >= 11 is 4.81. The molecular weight excluding hydrogens is 324 g/mol. The Morgan fingerprint density at radius 3 is 3.05 bits per heavy atom. The molecule has 0 fully saturated rings. The van der Waals surface area contributed by atoms with Gasteiger partial charge in [0.1, 0.15) is 9.88 Å². The summed E-state index contributed by atoms with van der Waals surface area (Å²) in [6, 6.07) is 4.00. The number of hydrogen-bond acceptors (Lipinski definition) is 6. The van der Waals surface area contributed by atoms with Gasteiger partial charge in [0, 0.05) is 18.9 Å². The fourth-order valence-electron chi connectivity index (χ4n) is 1.70. The number of thiophene rings is 1. The van der Waals surface area contributed by atoms with Crippen molar-refractivity contribution in [2.75, 3.05) is 24.7 Å². The average Bonchev–Trinajstić information content (AvgIpc) is 3.11. The van der Waals surface area contributed by atoms with E-state index in [1.54, 1.807) is 23.1 Å². The molecule has 0 aliphatic carbocycles. The van der Waals surface area contributed by atoms with Crippen LogP contribution in [0.1, 0.15) is 21.8 Å². The van der Waals surface area contributed by atoms with E-state index < -0.39 is 0 Å². The van der Waals surface area contributed by atoms with Crippen LogP contribution >= 0.6 is 34.4 Å². The van der Waals surface area contributed by atoms with Crippen molar-refractivity contribution >= 4 is 40.3 Å². The molecule has 114 valence electrons. The average molecular weight is 343 g/mol. The van der Waals surface area contributed by atoms with Crippen LogP contribution in [-0.2, 0) is 0 Å². The first-order valence-corrected chi connectivity index (χ1v) is 9.55. The third-order valence-corrected chi connectivity index (χ3v) is 5.98. The lowest BCUT2D eigenvalue weighted by molar-refractivity contribution is 0.0959. The van der Waals surface area contributed by atoms with Gasteiger partial charge in [0.05, 0.1) is 10.6 Å². The van der Waals surface area contributed by atoms with Gasteiger partial charge < -0.3 is 10.4 Å². The number of nitrogens with one attached hydrogen (secondary N) is 1. The SMILES string of the molecule is Cc1nc(-c2cccs2)sc1C(=O)NCCSCCCO. The number of aliphatic hydroxyl groups is 1. The van der Waals surface area contributed by atoms with E-state index in [4.69, 9.17) is 5.11 Å². The van der Waals surface area contributed by atoms with Crippen molar-refractivity contribution in [1.82, 2.24) is 10.3 Å². The summed E-state index contributed by atoms with van der Waals surface area (Å²) < 4.78 is 0. The second kappa shape index (κ2) is 8.53. The number of thiazole rings is 1. The summed E-state index contributed by atoms with van der Waals surface area (Å²) in [4.78, 5) is 18.4. The summed E-state index contributed by atoms with van der Waals surface area (Å²) in [6.45, 7) is 2.74. The van der Waals surface area contributed by atoms with Crippen LogP contribution in [0, 0.1) is 6.92 Å². The number of hydrogen-bond donors (Lipinski definition) is 2. The lowest BCUT2D eigenvalue weighted by Gasteiger charge is -2.03. The number of aromatic nitrogens is 1. The minimum atomic E-state index is -0.0458. The maximum atomic E-state index is 12.2. The van der Waals surface area contributed by atoms with E-state index in [1.165, 1.54) is 11.3 Å². The lowest BCUT2D eigenvalue weighted by Crippen LogP contribution is -2.25. The molecule has 0 atom stereocenters. The first-order chi connectivity index (χ1) is 10.2. The Morgan fingerprint density at radius 1 is 1.48 bits per heavy atom. The fourth-order valence-corrected chi connectivity index (χ4v) is 4.26. The molecule has 2 heterocycles. The van der Waals surface area contributed by atoms with E-state index >= 15 is 0 Å². The molecule has 2 aromatic rings. The summed E-state index contributed by atoms with van der Waals surface area (Å²) in [7, 11) is 0. The summed E-state index contributed by atoms with van der Waals surface area (Å²) in [5.74, 6) is 1.74. The molecule has 0 saturated heterocycles. The molecular formula is C14H18N2O2S3. The second-order valence-electron chi connectivity index (χ2n) is 4.36. The third-order valence-electron chi connectivity index (χ3n) is 2.71. The number of thioether (sulfide) groups is 1. The van der Waals surface area contributed by atoms with Gasteiger partial charge in [0.25, 0.3) is 5.91 Å². The van der Waals surface area contributed by atoms with Gasteiger partial charge in [-0.2, -0.15) is 11.8 Å². The van der Waals surface area contributed by atoms with Crippen LogP contribution in [0.15, 0.2) is 17.5 Å². The Balaban J connectivity index is 1.85. The predicted molar refractivity (Wildman–Crippen MR) is 91.5 cm³/mol. The first kappa shape index (κ1) is 16.5. The van der Waals surface area contributed by atoms with Crippen molar-refractivity contribution in [2.45, 2.75) is 13.3 Å². The molecule has 7 heteroatoms. The highest BCUT2D eigenvalue weighted by molar-refractivity contribution is 7.99. The number of nitrogens with zero attached hydrogens (tertiary/aromatic N) is 1. The molecule has 2 aromatic heterocycles. The molecule has 0 spiro atoms. The zero-order valence-corrected chi connectivity index (χ0v) is 14.2. The molecule has 0 radical (unpaired) electrons. The minimum absolute atomic E-state index is 0.0458. The van der Waals surface area contributed by atoms with Crippen LogP contribution in [0.3, 0.4) is 0 Å². The van der Waals surface area contributed by atoms with Crippen LogP contribution in [0.5, 0.6) is 0 Å². The van der Waals surface area contributed by atoms with Gasteiger partial charge in [-0.3, -0.25) is 4.79 Å². The van der Waals surface area contributed by atoms with Gasteiger partial charge in [-0.15, -0.1) is 22.7 Å². The fraction of sp³-hybridized carbons (Fsp3) is 0.429. The molecule has 2 rings (SSSR count). The zero-order valence-electron chi connectivity index (χ0n) is 11.8. The number of rotatable bonds is 8. The highest BCUT2D eigenvalue weighted by atomic mass is 32.2.